The van der Waals surface area contributed by atoms with Crippen LogP contribution in [0.5, 0.6) is 0 Å². The Balaban J connectivity index is 1.78. The summed E-state index contributed by atoms with van der Waals surface area (Å²) >= 11 is 0. The van der Waals surface area contributed by atoms with Crippen LogP contribution >= 0.6 is 0 Å². The number of fused-ring (bicyclic) bond motifs is 1. The minimum absolute atomic E-state index is 0.108. The summed E-state index contributed by atoms with van der Waals surface area (Å²) in [7, 11) is -2.22. The van der Waals surface area contributed by atoms with Gasteiger partial charge in [0.05, 0.1) is 11.4 Å². The number of nitrogens with zero attached hydrogens (tertiary/aromatic N) is 2. The lowest BCUT2D eigenvalue weighted by molar-refractivity contribution is -0.134. The van der Waals surface area contributed by atoms with E-state index < -0.39 is 10.0 Å². The summed E-state index contributed by atoms with van der Waals surface area (Å²) in [5.41, 5.74) is 0. The predicted molar refractivity (Wildman–Crippen MR) is 103 cm³/mol. The highest BCUT2D eigenvalue weighted by molar-refractivity contribution is 7.89. The van der Waals surface area contributed by atoms with Crippen molar-refractivity contribution >= 4 is 26.7 Å². The van der Waals surface area contributed by atoms with E-state index in [-0.39, 0.29) is 23.4 Å². The smallest absolute Gasteiger partial charge is 0.243 e. The highest BCUT2D eigenvalue weighted by atomic mass is 32.2. The van der Waals surface area contributed by atoms with Gasteiger partial charge in [0.25, 0.3) is 0 Å². The molecule has 1 aliphatic heterocycles. The Morgan fingerprint density at radius 2 is 1.88 bits per heavy atom. The summed E-state index contributed by atoms with van der Waals surface area (Å²) in [5, 5.41) is 1.86. The number of carbonyl (C=O) groups excluding carboxylic acids is 1. The minimum atomic E-state index is -3.70. The average Bonchev–Trinajstić information content (AvgIpc) is 2.67. The zero-order valence-corrected chi connectivity index (χ0v) is 16.2. The molecule has 2 aromatic carbocycles. The van der Waals surface area contributed by atoms with E-state index in [0.29, 0.717) is 0 Å². The van der Waals surface area contributed by atoms with Gasteiger partial charge in [-0.15, -0.1) is 0 Å². The molecule has 0 aliphatic carbocycles. The number of sulfonamides is 1. The molecule has 1 amide bonds. The molecule has 0 aromatic heterocycles. The monoisotopic (exact) mass is 374 g/mol. The molecule has 1 heterocycles. The standard InChI is InChI=1S/C20H26N2O3S/c1-3-18-10-6-7-13-22(18)20(23)15-21(2)26(24,25)19-12-11-16-8-4-5-9-17(16)14-19/h4-5,8-9,11-12,14,18H,3,6-7,10,13,15H2,1-2H3. The average molecular weight is 375 g/mol. The molecule has 3 rings (SSSR count). The maximum absolute atomic E-state index is 12.9. The predicted octanol–water partition coefficient (Wildman–Crippen LogP) is 3.25. The second-order valence-electron chi connectivity index (χ2n) is 6.92. The van der Waals surface area contributed by atoms with Crippen molar-refractivity contribution in [1.82, 2.24) is 9.21 Å². The van der Waals surface area contributed by atoms with E-state index in [9.17, 15) is 13.2 Å². The molecule has 5 nitrogen and oxygen atoms in total. The van der Waals surface area contributed by atoms with Crippen LogP contribution in [-0.4, -0.2) is 49.7 Å². The largest absolute Gasteiger partial charge is 0.339 e. The molecule has 1 atom stereocenters. The van der Waals surface area contributed by atoms with Crippen LogP contribution in [0.2, 0.25) is 0 Å². The SMILES string of the molecule is CCC1CCCCN1C(=O)CN(C)S(=O)(=O)c1ccc2ccccc2c1. The molecule has 140 valence electrons. The number of likely N-dealkylation sites (N-methyl/N-ethyl adjacent to an activating group) is 1. The Morgan fingerprint density at radius 1 is 1.15 bits per heavy atom. The molecule has 1 fully saturated rings. The van der Waals surface area contributed by atoms with Crippen molar-refractivity contribution in [2.24, 2.45) is 0 Å². The number of hydrogen-bond acceptors (Lipinski definition) is 3. The summed E-state index contributed by atoms with van der Waals surface area (Å²) in [6, 6.07) is 12.9. The molecule has 1 unspecified atom stereocenters. The van der Waals surface area contributed by atoms with E-state index in [0.717, 1.165) is 43.0 Å². The molecule has 2 aromatic rings. The molecule has 6 heteroatoms. The molecule has 1 saturated heterocycles. The van der Waals surface area contributed by atoms with Crippen molar-refractivity contribution in [2.45, 2.75) is 43.5 Å². The van der Waals surface area contributed by atoms with Crippen molar-refractivity contribution in [3.05, 3.63) is 42.5 Å². The summed E-state index contributed by atoms with van der Waals surface area (Å²) < 4.78 is 27.0. The quantitative estimate of drug-likeness (QED) is 0.807. The fraction of sp³-hybridized carbons (Fsp3) is 0.450. The van der Waals surface area contributed by atoms with Gasteiger partial charge in [-0.3, -0.25) is 4.79 Å². The van der Waals surface area contributed by atoms with Gasteiger partial charge in [0.15, 0.2) is 0 Å². The Morgan fingerprint density at radius 3 is 2.62 bits per heavy atom. The van der Waals surface area contributed by atoms with Gasteiger partial charge in [-0.1, -0.05) is 37.3 Å². The molecule has 0 bridgehead atoms. The van der Waals surface area contributed by atoms with E-state index in [1.165, 1.54) is 11.4 Å². The highest BCUT2D eigenvalue weighted by Crippen LogP contribution is 2.23. The van der Waals surface area contributed by atoms with E-state index in [1.54, 1.807) is 18.2 Å². The van der Waals surface area contributed by atoms with Gasteiger partial charge in [0, 0.05) is 19.6 Å². The lowest BCUT2D eigenvalue weighted by atomic mass is 10.00. The molecule has 26 heavy (non-hydrogen) atoms. The van der Waals surface area contributed by atoms with Gasteiger partial charge in [0.2, 0.25) is 15.9 Å². The summed E-state index contributed by atoms with van der Waals surface area (Å²) in [5.74, 6) is -0.108. The minimum Gasteiger partial charge on any atom is -0.339 e. The zero-order chi connectivity index (χ0) is 18.7. The lowest BCUT2D eigenvalue weighted by Gasteiger charge is -2.36. The van der Waals surface area contributed by atoms with Gasteiger partial charge in [-0.25, -0.2) is 8.42 Å². The maximum Gasteiger partial charge on any atom is 0.243 e. The summed E-state index contributed by atoms with van der Waals surface area (Å²) in [6.45, 7) is 2.68. The topological polar surface area (TPSA) is 57.7 Å². The first-order valence-corrected chi connectivity index (χ1v) is 10.6. The normalized spacial score (nSPS) is 18.4. The van der Waals surface area contributed by atoms with Crippen molar-refractivity contribution in [3.8, 4) is 0 Å². The van der Waals surface area contributed by atoms with Gasteiger partial charge < -0.3 is 4.90 Å². The zero-order valence-electron chi connectivity index (χ0n) is 15.4. The van der Waals surface area contributed by atoms with E-state index >= 15 is 0 Å². The van der Waals surface area contributed by atoms with Crippen molar-refractivity contribution < 1.29 is 13.2 Å². The molecular weight excluding hydrogens is 348 g/mol. The second-order valence-corrected chi connectivity index (χ2v) is 8.96. The molecule has 0 radical (unpaired) electrons. The first kappa shape index (κ1) is 18.9. The maximum atomic E-state index is 12.9. The fourth-order valence-electron chi connectivity index (χ4n) is 3.63. The second kappa shape index (κ2) is 7.76. The van der Waals surface area contributed by atoms with Crippen LogP contribution in [0, 0.1) is 0 Å². The van der Waals surface area contributed by atoms with Crippen LogP contribution < -0.4 is 0 Å². The Labute approximate surface area is 155 Å². The Hall–Kier alpha value is -1.92. The third-order valence-corrected chi connectivity index (χ3v) is 7.01. The molecule has 1 aliphatic rings. The molecule has 0 N–H and O–H groups in total. The van der Waals surface area contributed by atoms with Crippen LogP contribution in [0.4, 0.5) is 0 Å². The van der Waals surface area contributed by atoms with Gasteiger partial charge in [0.1, 0.15) is 0 Å². The van der Waals surface area contributed by atoms with Crippen molar-refractivity contribution in [3.63, 3.8) is 0 Å². The van der Waals surface area contributed by atoms with Crippen molar-refractivity contribution in [1.29, 1.82) is 0 Å². The number of hydrogen-bond donors (Lipinski definition) is 0. The van der Waals surface area contributed by atoms with Gasteiger partial charge in [-0.05, 0) is 48.6 Å². The first-order chi connectivity index (χ1) is 12.4. The van der Waals surface area contributed by atoms with E-state index in [2.05, 4.69) is 6.92 Å². The highest BCUT2D eigenvalue weighted by Gasteiger charge is 2.29. The number of piperidine rings is 1. The number of carbonyl (C=O) groups is 1. The number of amides is 1. The van der Waals surface area contributed by atoms with Crippen molar-refractivity contribution in [2.75, 3.05) is 20.1 Å². The van der Waals surface area contributed by atoms with Crippen LogP contribution in [0.25, 0.3) is 10.8 Å². The first-order valence-electron chi connectivity index (χ1n) is 9.18. The van der Waals surface area contributed by atoms with Gasteiger partial charge in [-0.2, -0.15) is 4.31 Å². The summed E-state index contributed by atoms with van der Waals surface area (Å²) in [4.78, 5) is 14.8. The lowest BCUT2D eigenvalue weighted by Crippen LogP contribution is -2.48. The molecule has 0 saturated carbocycles. The van der Waals surface area contributed by atoms with E-state index in [4.69, 9.17) is 0 Å². The molecule has 0 spiro atoms. The third kappa shape index (κ3) is 3.76. The summed E-state index contributed by atoms with van der Waals surface area (Å²) in [6.07, 6.45) is 4.03. The fourth-order valence-corrected chi connectivity index (χ4v) is 4.78. The van der Waals surface area contributed by atoms with Crippen LogP contribution in [-0.2, 0) is 14.8 Å². The van der Waals surface area contributed by atoms with E-state index in [1.807, 2.05) is 29.2 Å². The number of likely N-dealkylation sites (tertiary alicyclic amines) is 1. The van der Waals surface area contributed by atoms with Crippen LogP contribution in [0.3, 0.4) is 0 Å². The third-order valence-electron chi connectivity index (χ3n) is 5.21. The number of benzene rings is 2. The van der Waals surface area contributed by atoms with Crippen LogP contribution in [0.15, 0.2) is 47.4 Å². The molecular formula is C20H26N2O3S. The van der Waals surface area contributed by atoms with Crippen LogP contribution in [0.1, 0.15) is 32.6 Å². The van der Waals surface area contributed by atoms with Gasteiger partial charge >= 0.3 is 0 Å². The Bertz CT molecular complexity index is 895. The number of rotatable bonds is 5. The Kier molecular flexibility index (Phi) is 5.63.